The Morgan fingerprint density at radius 3 is 2.18 bits per heavy atom. The summed E-state index contributed by atoms with van der Waals surface area (Å²) in [5.41, 5.74) is 0.0728. The lowest BCUT2D eigenvalue weighted by Crippen LogP contribution is -2.49. The van der Waals surface area contributed by atoms with Gasteiger partial charge in [0, 0.05) is 16.8 Å². The molecular weight excluding hydrogens is 278 g/mol. The van der Waals surface area contributed by atoms with E-state index in [4.69, 9.17) is 0 Å². The molecule has 2 saturated carbocycles. The van der Waals surface area contributed by atoms with Crippen LogP contribution in [0, 0.1) is 5.92 Å². The molecule has 1 N–H and O–H groups in total. The van der Waals surface area contributed by atoms with Crippen molar-refractivity contribution in [3.63, 3.8) is 0 Å². The Kier molecular flexibility index (Phi) is 4.89. The van der Waals surface area contributed by atoms with Crippen LogP contribution in [0.1, 0.15) is 64.2 Å². The van der Waals surface area contributed by atoms with Gasteiger partial charge in [-0.05, 0) is 25.7 Å². The van der Waals surface area contributed by atoms with E-state index in [1.54, 1.807) is 0 Å². The summed E-state index contributed by atoms with van der Waals surface area (Å²) in [6, 6.07) is 0. The Hall–Kier alpha value is -0.0500. The van der Waals surface area contributed by atoms with E-state index in [1.165, 1.54) is 38.5 Å². The number of carbonyl (C=O) groups is 1. The van der Waals surface area contributed by atoms with Gasteiger partial charge in [-0.3, -0.25) is 4.79 Å². The molecule has 2 fully saturated rings. The van der Waals surface area contributed by atoms with Crippen LogP contribution in [0.5, 0.6) is 0 Å². The molecule has 0 heterocycles. The Balaban J connectivity index is 1.90. The minimum Gasteiger partial charge on any atom is -0.350 e. The average molecular weight is 302 g/mol. The predicted octanol–water partition coefficient (Wildman–Crippen LogP) is 3.78. The van der Waals surface area contributed by atoms with Gasteiger partial charge in [0.2, 0.25) is 5.91 Å². The highest BCUT2D eigenvalue weighted by Crippen LogP contribution is 2.32. The maximum atomic E-state index is 12.3. The molecule has 0 aromatic heterocycles. The SMILES string of the molecule is O=C(NC1(CBr)CCCC1)C1CCCCCC1. The second-order valence-electron chi connectivity index (χ2n) is 5.80. The standard InChI is InChI=1S/C14H24BrNO/c15-11-14(9-5-6-10-14)16-13(17)12-7-3-1-2-4-8-12/h12H,1-11H2,(H,16,17). The summed E-state index contributed by atoms with van der Waals surface area (Å²) < 4.78 is 0. The highest BCUT2D eigenvalue weighted by molar-refractivity contribution is 9.09. The van der Waals surface area contributed by atoms with Crippen molar-refractivity contribution in [2.24, 2.45) is 5.92 Å². The maximum absolute atomic E-state index is 12.3. The van der Waals surface area contributed by atoms with Crippen LogP contribution in [-0.2, 0) is 4.79 Å². The molecule has 3 heteroatoms. The molecule has 17 heavy (non-hydrogen) atoms. The Bertz CT molecular complexity index is 253. The zero-order chi connectivity index (χ0) is 12.1. The molecule has 0 unspecified atom stereocenters. The summed E-state index contributed by atoms with van der Waals surface area (Å²) in [5, 5.41) is 4.27. The van der Waals surface area contributed by atoms with Crippen molar-refractivity contribution >= 4 is 21.8 Å². The lowest BCUT2D eigenvalue weighted by atomic mass is 9.95. The summed E-state index contributed by atoms with van der Waals surface area (Å²) in [6.07, 6.45) is 12.1. The fourth-order valence-corrected chi connectivity index (χ4v) is 3.95. The number of amides is 1. The molecule has 0 aromatic carbocycles. The van der Waals surface area contributed by atoms with Crippen LogP contribution >= 0.6 is 15.9 Å². The first-order valence-corrected chi connectivity index (χ1v) is 8.26. The molecule has 2 aliphatic carbocycles. The zero-order valence-electron chi connectivity index (χ0n) is 10.6. The first-order valence-electron chi connectivity index (χ1n) is 7.14. The Labute approximate surface area is 113 Å². The van der Waals surface area contributed by atoms with Gasteiger partial charge in [-0.2, -0.15) is 0 Å². The first-order chi connectivity index (χ1) is 8.26. The lowest BCUT2D eigenvalue weighted by Gasteiger charge is -2.30. The van der Waals surface area contributed by atoms with Crippen molar-refractivity contribution < 1.29 is 4.79 Å². The van der Waals surface area contributed by atoms with Gasteiger partial charge in [-0.1, -0.05) is 54.5 Å². The Morgan fingerprint density at radius 1 is 1.06 bits per heavy atom. The number of hydrogen-bond donors (Lipinski definition) is 1. The van der Waals surface area contributed by atoms with Crippen LogP contribution in [0.25, 0.3) is 0 Å². The van der Waals surface area contributed by atoms with E-state index in [2.05, 4.69) is 21.2 Å². The van der Waals surface area contributed by atoms with Gasteiger partial charge in [0.05, 0.1) is 0 Å². The number of rotatable bonds is 3. The molecule has 0 saturated heterocycles. The quantitative estimate of drug-likeness (QED) is 0.624. The fraction of sp³-hybridized carbons (Fsp3) is 0.929. The molecule has 2 nitrogen and oxygen atoms in total. The first kappa shape index (κ1) is 13.4. The van der Waals surface area contributed by atoms with Crippen LogP contribution in [0.4, 0.5) is 0 Å². The average Bonchev–Trinajstić information content (AvgIpc) is 2.64. The van der Waals surface area contributed by atoms with E-state index in [-0.39, 0.29) is 11.5 Å². The minimum atomic E-state index is 0.0728. The summed E-state index contributed by atoms with van der Waals surface area (Å²) >= 11 is 3.59. The van der Waals surface area contributed by atoms with Gasteiger partial charge < -0.3 is 5.32 Å². The molecule has 98 valence electrons. The van der Waals surface area contributed by atoms with Crippen LogP contribution in [-0.4, -0.2) is 16.8 Å². The number of alkyl halides is 1. The summed E-state index contributed by atoms with van der Waals surface area (Å²) in [5.74, 6) is 0.613. The van der Waals surface area contributed by atoms with Crippen LogP contribution < -0.4 is 5.32 Å². The molecule has 0 aromatic rings. The molecule has 0 atom stereocenters. The van der Waals surface area contributed by atoms with Crippen molar-refractivity contribution in [3.8, 4) is 0 Å². The van der Waals surface area contributed by atoms with Gasteiger partial charge in [0.25, 0.3) is 0 Å². The van der Waals surface area contributed by atoms with E-state index < -0.39 is 0 Å². The molecule has 0 aliphatic heterocycles. The van der Waals surface area contributed by atoms with Gasteiger partial charge >= 0.3 is 0 Å². The van der Waals surface area contributed by atoms with Crippen molar-refractivity contribution in [2.45, 2.75) is 69.7 Å². The van der Waals surface area contributed by atoms with E-state index in [9.17, 15) is 4.79 Å². The van der Waals surface area contributed by atoms with Crippen LogP contribution in [0.3, 0.4) is 0 Å². The number of carbonyl (C=O) groups excluding carboxylic acids is 1. The van der Waals surface area contributed by atoms with Gasteiger partial charge in [-0.15, -0.1) is 0 Å². The second kappa shape index (κ2) is 6.21. The molecule has 2 rings (SSSR count). The zero-order valence-corrected chi connectivity index (χ0v) is 12.2. The highest BCUT2D eigenvalue weighted by Gasteiger charge is 2.35. The molecule has 0 bridgehead atoms. The van der Waals surface area contributed by atoms with Crippen LogP contribution in [0.2, 0.25) is 0 Å². The molecule has 0 radical (unpaired) electrons. The Morgan fingerprint density at radius 2 is 1.65 bits per heavy atom. The van der Waals surface area contributed by atoms with Crippen LogP contribution in [0.15, 0.2) is 0 Å². The monoisotopic (exact) mass is 301 g/mol. The number of halogens is 1. The third-order valence-electron chi connectivity index (χ3n) is 4.43. The van der Waals surface area contributed by atoms with Crippen molar-refractivity contribution in [3.05, 3.63) is 0 Å². The molecule has 0 spiro atoms. The number of nitrogens with one attached hydrogen (secondary N) is 1. The molecule has 2 aliphatic rings. The summed E-state index contributed by atoms with van der Waals surface area (Å²) in [6.45, 7) is 0. The van der Waals surface area contributed by atoms with Gasteiger partial charge in [0.15, 0.2) is 0 Å². The highest BCUT2D eigenvalue weighted by atomic mass is 79.9. The smallest absolute Gasteiger partial charge is 0.223 e. The summed E-state index contributed by atoms with van der Waals surface area (Å²) in [7, 11) is 0. The van der Waals surface area contributed by atoms with E-state index in [0.29, 0.717) is 5.91 Å². The summed E-state index contributed by atoms with van der Waals surface area (Å²) in [4.78, 5) is 12.3. The second-order valence-corrected chi connectivity index (χ2v) is 6.36. The fourth-order valence-electron chi connectivity index (χ4n) is 3.25. The van der Waals surface area contributed by atoms with Crippen molar-refractivity contribution in [1.29, 1.82) is 0 Å². The lowest BCUT2D eigenvalue weighted by molar-refractivity contribution is -0.127. The van der Waals surface area contributed by atoms with Gasteiger partial charge in [-0.25, -0.2) is 0 Å². The van der Waals surface area contributed by atoms with Crippen molar-refractivity contribution in [2.75, 3.05) is 5.33 Å². The van der Waals surface area contributed by atoms with E-state index >= 15 is 0 Å². The minimum absolute atomic E-state index is 0.0728. The third kappa shape index (κ3) is 3.46. The normalized spacial score (nSPS) is 25.5. The van der Waals surface area contributed by atoms with Gasteiger partial charge in [0.1, 0.15) is 0 Å². The molecule has 1 amide bonds. The van der Waals surface area contributed by atoms with E-state index in [1.807, 2.05) is 0 Å². The maximum Gasteiger partial charge on any atom is 0.223 e. The topological polar surface area (TPSA) is 29.1 Å². The largest absolute Gasteiger partial charge is 0.350 e. The third-order valence-corrected chi connectivity index (χ3v) is 5.50. The van der Waals surface area contributed by atoms with E-state index in [0.717, 1.165) is 31.0 Å². The van der Waals surface area contributed by atoms with Crippen molar-refractivity contribution in [1.82, 2.24) is 5.32 Å². The predicted molar refractivity (Wildman–Crippen MR) is 74.3 cm³/mol. The number of hydrogen-bond acceptors (Lipinski definition) is 1. The molecular formula is C14H24BrNO.